The number of nitrogens with one attached hydrogen (secondary N) is 3. The van der Waals surface area contributed by atoms with Gasteiger partial charge in [0, 0.05) is 36.0 Å². The van der Waals surface area contributed by atoms with Crippen molar-refractivity contribution < 1.29 is 10.2 Å². The van der Waals surface area contributed by atoms with Gasteiger partial charge in [-0.3, -0.25) is 5.10 Å². The second-order valence-electron chi connectivity index (χ2n) is 8.38. The molecule has 162 valence electrons. The fraction of sp³-hybridized carbons (Fsp3) is 0.192. The smallest absolute Gasteiger partial charge is 0.152 e. The predicted octanol–water partition coefficient (Wildman–Crippen LogP) is 5.46. The van der Waals surface area contributed by atoms with Gasteiger partial charge in [-0.15, -0.1) is 0 Å². The molecule has 1 aliphatic carbocycles. The topological polar surface area (TPSA) is 93.2 Å². The second-order valence-corrected chi connectivity index (χ2v) is 8.38. The maximum Gasteiger partial charge on any atom is 0.152 e. The van der Waals surface area contributed by atoms with Crippen LogP contribution in [0.25, 0.3) is 22.4 Å². The Kier molecular flexibility index (Phi) is 5.29. The van der Waals surface area contributed by atoms with Crippen LogP contribution in [0.1, 0.15) is 24.0 Å². The van der Waals surface area contributed by atoms with E-state index in [2.05, 4.69) is 45.1 Å². The van der Waals surface area contributed by atoms with E-state index >= 15 is 0 Å². The quantitative estimate of drug-likeness (QED) is 0.271. The first-order chi connectivity index (χ1) is 15.5. The van der Waals surface area contributed by atoms with E-state index in [1.165, 1.54) is 24.5 Å². The highest BCUT2D eigenvalue weighted by molar-refractivity contribution is 5.75. The van der Waals surface area contributed by atoms with Gasteiger partial charge in [0.1, 0.15) is 11.5 Å². The number of benzene rings is 3. The molecule has 6 nitrogen and oxygen atoms in total. The zero-order valence-electron chi connectivity index (χ0n) is 17.9. The fourth-order valence-electron chi connectivity index (χ4n) is 3.68. The van der Waals surface area contributed by atoms with Crippen LogP contribution in [0.15, 0.2) is 66.7 Å². The number of aromatic nitrogens is 2. The summed E-state index contributed by atoms with van der Waals surface area (Å²) in [6, 6.07) is 22.1. The van der Waals surface area contributed by atoms with Crippen LogP contribution in [-0.2, 0) is 6.54 Å². The molecule has 0 saturated heterocycles. The third-order valence-corrected chi connectivity index (χ3v) is 5.80. The van der Waals surface area contributed by atoms with Crippen molar-refractivity contribution in [1.82, 2.24) is 15.5 Å². The molecule has 4 aromatic rings. The number of aryl methyl sites for hydroxylation is 1. The first-order valence-electron chi connectivity index (χ1n) is 10.8. The summed E-state index contributed by atoms with van der Waals surface area (Å²) in [7, 11) is 0. The van der Waals surface area contributed by atoms with E-state index in [0.717, 1.165) is 40.4 Å². The van der Waals surface area contributed by atoms with E-state index in [1.54, 1.807) is 6.07 Å². The molecule has 3 aromatic carbocycles. The number of phenols is 2. The summed E-state index contributed by atoms with van der Waals surface area (Å²) in [4.78, 5) is 0. The number of nitrogens with zero attached hydrogens (tertiary/aromatic N) is 1. The number of aromatic amines is 1. The number of hydrogen-bond acceptors (Lipinski definition) is 5. The highest BCUT2D eigenvalue weighted by Gasteiger charge is 2.19. The molecule has 6 heteroatoms. The largest absolute Gasteiger partial charge is 0.508 e. The zero-order chi connectivity index (χ0) is 22.1. The van der Waals surface area contributed by atoms with Gasteiger partial charge in [-0.2, -0.15) is 5.10 Å². The van der Waals surface area contributed by atoms with Crippen molar-refractivity contribution in [3.63, 3.8) is 0 Å². The first-order valence-corrected chi connectivity index (χ1v) is 10.8. The van der Waals surface area contributed by atoms with Crippen molar-refractivity contribution in [3.05, 3.63) is 77.9 Å². The maximum absolute atomic E-state index is 10.2. The molecule has 1 saturated carbocycles. The van der Waals surface area contributed by atoms with E-state index in [-0.39, 0.29) is 11.5 Å². The van der Waals surface area contributed by atoms with Crippen LogP contribution in [0.2, 0.25) is 0 Å². The number of aromatic hydroxyl groups is 2. The van der Waals surface area contributed by atoms with E-state index in [9.17, 15) is 10.2 Å². The molecule has 0 spiro atoms. The third kappa shape index (κ3) is 4.45. The predicted molar refractivity (Wildman–Crippen MR) is 127 cm³/mol. The van der Waals surface area contributed by atoms with Gasteiger partial charge in [-0.25, -0.2) is 0 Å². The van der Waals surface area contributed by atoms with Crippen molar-refractivity contribution in [2.45, 2.75) is 32.4 Å². The van der Waals surface area contributed by atoms with Crippen molar-refractivity contribution in [1.29, 1.82) is 0 Å². The van der Waals surface area contributed by atoms with E-state index in [0.29, 0.717) is 11.6 Å². The van der Waals surface area contributed by atoms with Gasteiger partial charge < -0.3 is 20.8 Å². The van der Waals surface area contributed by atoms with Gasteiger partial charge in [-0.1, -0.05) is 36.4 Å². The number of phenolic OH excluding ortho intramolecular Hbond substituents is 2. The average molecular weight is 427 g/mol. The lowest BCUT2D eigenvalue weighted by molar-refractivity contribution is 0.449. The van der Waals surface area contributed by atoms with Crippen molar-refractivity contribution in [2.75, 3.05) is 5.32 Å². The Balaban J connectivity index is 1.26. The Morgan fingerprint density at radius 1 is 0.906 bits per heavy atom. The van der Waals surface area contributed by atoms with Gasteiger partial charge in [0.15, 0.2) is 5.82 Å². The van der Waals surface area contributed by atoms with Gasteiger partial charge in [0.25, 0.3) is 0 Å². The van der Waals surface area contributed by atoms with Crippen LogP contribution in [-0.4, -0.2) is 26.5 Å². The maximum atomic E-state index is 10.2. The Labute approximate surface area is 187 Å². The SMILES string of the molecule is Cc1cc(-c2ccc(-c3cc(Nc4ccc(CNC5CC5)cc4)n[nH]3)cc2)c(O)cc1O. The summed E-state index contributed by atoms with van der Waals surface area (Å²) >= 11 is 0. The summed E-state index contributed by atoms with van der Waals surface area (Å²) in [6.45, 7) is 2.72. The lowest BCUT2D eigenvalue weighted by Gasteiger charge is -2.08. The molecule has 0 bridgehead atoms. The Morgan fingerprint density at radius 2 is 1.62 bits per heavy atom. The minimum Gasteiger partial charge on any atom is -0.508 e. The monoisotopic (exact) mass is 426 g/mol. The van der Waals surface area contributed by atoms with Crippen LogP contribution in [0.4, 0.5) is 11.5 Å². The molecule has 5 N–H and O–H groups in total. The van der Waals surface area contributed by atoms with Crippen molar-refractivity contribution in [3.8, 4) is 33.9 Å². The minimum atomic E-state index is 0.0585. The summed E-state index contributed by atoms with van der Waals surface area (Å²) in [5, 5.41) is 34.2. The molecule has 0 radical (unpaired) electrons. The van der Waals surface area contributed by atoms with Gasteiger partial charge in [0.05, 0.1) is 5.69 Å². The summed E-state index contributed by atoms with van der Waals surface area (Å²) in [6.07, 6.45) is 2.59. The summed E-state index contributed by atoms with van der Waals surface area (Å²) < 4.78 is 0. The molecule has 32 heavy (non-hydrogen) atoms. The first kappa shape index (κ1) is 20.2. The number of hydrogen-bond donors (Lipinski definition) is 5. The molecular formula is C26H26N4O2. The number of H-pyrrole nitrogens is 1. The van der Waals surface area contributed by atoms with Crippen LogP contribution in [0.3, 0.4) is 0 Å². The fourth-order valence-corrected chi connectivity index (χ4v) is 3.68. The van der Waals surface area contributed by atoms with Gasteiger partial charge >= 0.3 is 0 Å². The molecule has 5 rings (SSSR count). The minimum absolute atomic E-state index is 0.0585. The van der Waals surface area contributed by atoms with Crippen LogP contribution in [0.5, 0.6) is 11.5 Å². The Bertz CT molecular complexity index is 1230. The molecular weight excluding hydrogens is 400 g/mol. The standard InChI is InChI=1S/C26H26N4O2/c1-16-12-22(25(32)14-24(16)31)18-4-6-19(7-5-18)23-13-26(30-29-23)28-21-8-2-17(3-9-21)15-27-20-10-11-20/h2-9,12-14,20,27,31-32H,10-11,15H2,1H3,(H2,28,29,30). The summed E-state index contributed by atoms with van der Waals surface area (Å²) in [5.74, 6) is 0.896. The van der Waals surface area contributed by atoms with Crippen molar-refractivity contribution >= 4 is 11.5 Å². The Hall–Kier alpha value is -3.77. The Morgan fingerprint density at radius 3 is 2.34 bits per heavy atom. The molecule has 0 atom stereocenters. The highest BCUT2D eigenvalue weighted by Crippen LogP contribution is 2.35. The third-order valence-electron chi connectivity index (χ3n) is 5.80. The second kappa shape index (κ2) is 8.40. The normalized spacial score (nSPS) is 13.3. The number of anilines is 2. The lowest BCUT2D eigenvalue weighted by Crippen LogP contribution is -2.15. The lowest BCUT2D eigenvalue weighted by atomic mass is 10.00. The molecule has 0 amide bonds. The van der Waals surface area contributed by atoms with Crippen LogP contribution in [0, 0.1) is 6.92 Å². The summed E-state index contributed by atoms with van der Waals surface area (Å²) in [5.41, 5.74) is 6.45. The van der Waals surface area contributed by atoms with Gasteiger partial charge in [-0.05, 0) is 60.2 Å². The van der Waals surface area contributed by atoms with E-state index < -0.39 is 0 Å². The molecule has 1 fully saturated rings. The van der Waals surface area contributed by atoms with E-state index in [1.807, 2.05) is 37.3 Å². The van der Waals surface area contributed by atoms with Crippen molar-refractivity contribution in [2.24, 2.45) is 0 Å². The molecule has 1 heterocycles. The molecule has 1 aliphatic rings. The average Bonchev–Trinajstić information content (AvgIpc) is 3.52. The van der Waals surface area contributed by atoms with Gasteiger partial charge in [0.2, 0.25) is 0 Å². The van der Waals surface area contributed by atoms with Crippen LogP contribution >= 0.6 is 0 Å². The number of rotatable bonds is 7. The molecule has 1 aromatic heterocycles. The molecule has 0 aliphatic heterocycles. The highest BCUT2D eigenvalue weighted by atomic mass is 16.3. The molecule has 0 unspecified atom stereocenters. The zero-order valence-corrected chi connectivity index (χ0v) is 17.9. The van der Waals surface area contributed by atoms with E-state index in [4.69, 9.17) is 0 Å². The van der Waals surface area contributed by atoms with Crippen LogP contribution < -0.4 is 10.6 Å².